The molecule has 0 aliphatic carbocycles. The summed E-state index contributed by atoms with van der Waals surface area (Å²) in [6, 6.07) is 12.1. The smallest absolute Gasteiger partial charge is 0.187 e. The van der Waals surface area contributed by atoms with Crippen molar-refractivity contribution in [3.8, 4) is 17.3 Å². The van der Waals surface area contributed by atoms with Crippen LogP contribution in [-0.2, 0) is 7.05 Å². The van der Waals surface area contributed by atoms with Crippen molar-refractivity contribution in [2.45, 2.75) is 43.8 Å². The number of nitrogens with one attached hydrogen (secondary N) is 1. The number of aryl methyl sites for hydroxylation is 1. The summed E-state index contributed by atoms with van der Waals surface area (Å²) in [6.07, 6.45) is 6.90. The Morgan fingerprint density at radius 3 is 2.72 bits per heavy atom. The number of anilines is 1. The third kappa shape index (κ3) is 3.51. The van der Waals surface area contributed by atoms with E-state index < -0.39 is 0 Å². The Morgan fingerprint density at radius 2 is 1.97 bits per heavy atom. The molecular weight excluding hydrogens is 442 g/mol. The molecule has 164 valence electrons. The Kier molecular flexibility index (Phi) is 5.28. The van der Waals surface area contributed by atoms with Gasteiger partial charge >= 0.3 is 0 Å². The Labute approximate surface area is 196 Å². The highest BCUT2D eigenvalue weighted by Crippen LogP contribution is 2.35. The van der Waals surface area contributed by atoms with E-state index in [0.717, 1.165) is 37.6 Å². The molecule has 0 radical (unpaired) electrons. The number of aromatic nitrogens is 4. The molecule has 4 aromatic rings. The number of benzene rings is 1. The van der Waals surface area contributed by atoms with Crippen molar-refractivity contribution < 1.29 is 0 Å². The molecule has 6 rings (SSSR count). The van der Waals surface area contributed by atoms with E-state index in [1.807, 2.05) is 31.4 Å². The molecule has 0 saturated carbocycles. The Balaban J connectivity index is 0.00000216. The van der Waals surface area contributed by atoms with Gasteiger partial charge in [-0.1, -0.05) is 11.3 Å². The molecule has 2 atom stereocenters. The fourth-order valence-electron chi connectivity index (χ4n) is 5.10. The molecule has 0 spiro atoms. The van der Waals surface area contributed by atoms with Crippen LogP contribution in [0.3, 0.4) is 0 Å². The zero-order valence-corrected chi connectivity index (χ0v) is 19.6. The zero-order valence-electron chi connectivity index (χ0n) is 17.9. The van der Waals surface area contributed by atoms with Gasteiger partial charge in [0.15, 0.2) is 5.13 Å². The summed E-state index contributed by atoms with van der Waals surface area (Å²) < 4.78 is 1.74. The summed E-state index contributed by atoms with van der Waals surface area (Å²) in [5.74, 6) is 0. The van der Waals surface area contributed by atoms with Crippen LogP contribution in [0, 0.1) is 11.3 Å². The minimum absolute atomic E-state index is 0. The molecule has 1 N–H and O–H groups in total. The molecule has 2 saturated heterocycles. The number of nitriles is 1. The molecule has 2 unspecified atom stereocenters. The van der Waals surface area contributed by atoms with Gasteiger partial charge in [-0.2, -0.15) is 10.4 Å². The van der Waals surface area contributed by atoms with E-state index in [1.165, 1.54) is 25.7 Å². The summed E-state index contributed by atoms with van der Waals surface area (Å²) in [6.45, 7) is 0. The second-order valence-electron chi connectivity index (χ2n) is 8.77. The van der Waals surface area contributed by atoms with E-state index in [2.05, 4.69) is 34.5 Å². The lowest BCUT2D eigenvalue weighted by Gasteiger charge is -2.35. The minimum atomic E-state index is 0. The highest BCUT2D eigenvalue weighted by molar-refractivity contribution is 7.21. The fourth-order valence-corrected chi connectivity index (χ4v) is 6.08. The Morgan fingerprint density at radius 1 is 1.19 bits per heavy atom. The molecule has 9 heteroatoms. The van der Waals surface area contributed by atoms with E-state index in [4.69, 9.17) is 9.97 Å². The maximum Gasteiger partial charge on any atom is 0.187 e. The van der Waals surface area contributed by atoms with Crippen molar-refractivity contribution in [1.29, 1.82) is 5.26 Å². The average molecular weight is 466 g/mol. The second kappa shape index (κ2) is 8.00. The first-order valence-corrected chi connectivity index (χ1v) is 11.5. The maximum absolute atomic E-state index is 9.58. The van der Waals surface area contributed by atoms with Gasteiger partial charge in [-0.3, -0.25) is 4.68 Å². The number of hydrogen-bond donors (Lipinski definition) is 1. The number of nitrogens with zero attached hydrogens (tertiary/aromatic N) is 6. The molecule has 2 fully saturated rings. The molecule has 1 aromatic carbocycles. The van der Waals surface area contributed by atoms with Gasteiger partial charge in [-0.15, -0.1) is 12.4 Å². The number of thiazole rings is 1. The van der Waals surface area contributed by atoms with Crippen LogP contribution in [0.25, 0.3) is 32.5 Å². The van der Waals surface area contributed by atoms with Crippen molar-refractivity contribution in [3.05, 3.63) is 36.0 Å². The molecule has 5 heterocycles. The second-order valence-corrected chi connectivity index (χ2v) is 9.72. The van der Waals surface area contributed by atoms with Gasteiger partial charge in [0.2, 0.25) is 0 Å². The van der Waals surface area contributed by atoms with E-state index in [-0.39, 0.29) is 12.4 Å². The first kappa shape index (κ1) is 21.1. The largest absolute Gasteiger partial charge is 0.348 e. The Hall–Kier alpha value is -2.73. The molecule has 2 bridgehead atoms. The molecule has 0 amide bonds. The lowest BCUT2D eigenvalue weighted by molar-refractivity contribution is 0.354. The number of pyridine rings is 1. The monoisotopic (exact) mass is 465 g/mol. The molecule has 32 heavy (non-hydrogen) atoms. The van der Waals surface area contributed by atoms with Crippen molar-refractivity contribution in [2.24, 2.45) is 7.05 Å². The van der Waals surface area contributed by atoms with Crippen molar-refractivity contribution in [2.75, 3.05) is 11.9 Å². The zero-order chi connectivity index (χ0) is 21.1. The molecule has 2 aliphatic rings. The highest BCUT2D eigenvalue weighted by Gasteiger charge is 2.35. The normalized spacial score (nSPS) is 22.1. The predicted molar refractivity (Wildman–Crippen MR) is 130 cm³/mol. The number of hydrogen-bond acceptors (Lipinski definition) is 7. The van der Waals surface area contributed by atoms with E-state index in [1.54, 1.807) is 16.0 Å². The third-order valence-corrected chi connectivity index (χ3v) is 7.74. The van der Waals surface area contributed by atoms with Gasteiger partial charge < -0.3 is 10.2 Å². The standard InChI is InChI=1S/C23H23N7S.ClH/c1-29-12-15-8-13(7-14(11-24)21(15)28-29)19-5-6-20-22(26-19)31-23(27-20)30(2)18-9-16-3-4-17(10-18)25-16;/h5-8,12,16-18,25H,3-4,9-10H2,1-2H3;1H. The number of piperidine rings is 1. The van der Waals surface area contributed by atoms with Crippen LogP contribution in [0.2, 0.25) is 0 Å². The molecule has 7 nitrogen and oxygen atoms in total. The summed E-state index contributed by atoms with van der Waals surface area (Å²) in [5, 5.41) is 19.7. The number of fused-ring (bicyclic) bond motifs is 4. The van der Waals surface area contributed by atoms with Gasteiger partial charge in [0.05, 0.1) is 11.3 Å². The average Bonchev–Trinajstić information content (AvgIpc) is 3.46. The summed E-state index contributed by atoms with van der Waals surface area (Å²) >= 11 is 1.65. The summed E-state index contributed by atoms with van der Waals surface area (Å²) in [4.78, 5) is 13.1. The van der Waals surface area contributed by atoms with Crippen molar-refractivity contribution >= 4 is 50.1 Å². The fraction of sp³-hybridized carbons (Fsp3) is 0.391. The number of halogens is 1. The first-order chi connectivity index (χ1) is 15.1. The first-order valence-electron chi connectivity index (χ1n) is 10.7. The maximum atomic E-state index is 9.58. The quantitative estimate of drug-likeness (QED) is 0.486. The van der Waals surface area contributed by atoms with Crippen molar-refractivity contribution in [1.82, 2.24) is 25.1 Å². The third-order valence-electron chi connectivity index (χ3n) is 6.68. The van der Waals surface area contributed by atoms with E-state index in [0.29, 0.717) is 23.7 Å². The van der Waals surface area contributed by atoms with Gasteiger partial charge in [0.25, 0.3) is 0 Å². The SMILES string of the molecule is CN(c1nc2ccc(-c3cc(C#N)c4nn(C)cc4c3)nc2s1)C1CC2CCC(C1)N2.Cl. The highest BCUT2D eigenvalue weighted by atomic mass is 35.5. The van der Waals surface area contributed by atoms with Crippen molar-refractivity contribution in [3.63, 3.8) is 0 Å². The lowest BCUT2D eigenvalue weighted by atomic mass is 9.99. The Bertz CT molecular complexity index is 1340. The summed E-state index contributed by atoms with van der Waals surface area (Å²) in [7, 11) is 4.04. The molecule has 3 aromatic heterocycles. The number of rotatable bonds is 3. The van der Waals surface area contributed by atoms with Gasteiger partial charge in [0.1, 0.15) is 21.9 Å². The van der Waals surface area contributed by atoms with Crippen LogP contribution in [-0.4, -0.2) is 44.9 Å². The van der Waals surface area contributed by atoms with Gasteiger partial charge in [-0.05, 0) is 49.9 Å². The van der Waals surface area contributed by atoms with Gasteiger partial charge in [-0.25, -0.2) is 9.97 Å². The minimum Gasteiger partial charge on any atom is -0.348 e. The predicted octanol–water partition coefficient (Wildman–Crippen LogP) is 4.26. The van der Waals surface area contributed by atoms with Crippen LogP contribution < -0.4 is 10.2 Å². The molecular formula is C23H24ClN7S. The lowest BCUT2D eigenvalue weighted by Crippen LogP contribution is -2.47. The van der Waals surface area contributed by atoms with Gasteiger partial charge in [0, 0.05) is 49.4 Å². The van der Waals surface area contributed by atoms with Crippen LogP contribution >= 0.6 is 23.7 Å². The van der Waals surface area contributed by atoms with E-state index >= 15 is 0 Å². The summed E-state index contributed by atoms with van der Waals surface area (Å²) in [5.41, 5.74) is 4.01. The van der Waals surface area contributed by atoms with Crippen LogP contribution in [0.1, 0.15) is 31.2 Å². The van der Waals surface area contributed by atoms with Crippen LogP contribution in [0.15, 0.2) is 30.5 Å². The van der Waals surface area contributed by atoms with E-state index in [9.17, 15) is 5.26 Å². The van der Waals surface area contributed by atoms with Crippen LogP contribution in [0.5, 0.6) is 0 Å². The van der Waals surface area contributed by atoms with Crippen LogP contribution in [0.4, 0.5) is 5.13 Å². The topological polar surface area (TPSA) is 82.7 Å². The molecule has 2 aliphatic heterocycles.